The summed E-state index contributed by atoms with van der Waals surface area (Å²) in [5.41, 5.74) is 0.914. The number of carbonyl (C=O) groups excluding carboxylic acids is 2. The maximum absolute atomic E-state index is 12.8. The Morgan fingerprint density at radius 2 is 2.04 bits per heavy atom. The normalized spacial score (nSPS) is 20.4. The SMILES string of the molecule is CSCC(=O)Nc1ccc2n(c1=O)CC1CC2CN(C(=O)COCC(=O)O)C1. The summed E-state index contributed by atoms with van der Waals surface area (Å²) in [6, 6.07) is 3.47. The summed E-state index contributed by atoms with van der Waals surface area (Å²) in [7, 11) is 0. The second kappa shape index (κ2) is 8.78. The molecule has 1 aromatic rings. The number of carbonyl (C=O) groups is 3. The third kappa shape index (κ3) is 4.56. The molecule has 0 saturated carbocycles. The number of amides is 2. The number of ether oxygens (including phenoxy) is 1. The fraction of sp³-hybridized carbons (Fsp3) is 0.556. The van der Waals surface area contributed by atoms with Crippen LogP contribution in [0.3, 0.4) is 0 Å². The second-order valence-electron chi connectivity index (χ2n) is 7.05. The highest BCUT2D eigenvalue weighted by Crippen LogP contribution is 2.35. The fourth-order valence-electron chi connectivity index (χ4n) is 3.88. The van der Waals surface area contributed by atoms with Crippen LogP contribution in [0.25, 0.3) is 0 Å². The van der Waals surface area contributed by atoms with Gasteiger partial charge in [-0.1, -0.05) is 0 Å². The number of fused-ring (bicyclic) bond motifs is 4. The van der Waals surface area contributed by atoms with Gasteiger partial charge < -0.3 is 24.6 Å². The number of carboxylic acid groups (broad SMARTS) is 1. The van der Waals surface area contributed by atoms with Crippen LogP contribution < -0.4 is 10.9 Å². The highest BCUT2D eigenvalue weighted by atomic mass is 32.2. The summed E-state index contributed by atoms with van der Waals surface area (Å²) in [6.45, 7) is 0.676. The number of rotatable bonds is 7. The summed E-state index contributed by atoms with van der Waals surface area (Å²) in [5.74, 6) is -1.12. The number of nitrogens with one attached hydrogen (secondary N) is 1. The number of hydrogen-bond acceptors (Lipinski definition) is 6. The molecule has 152 valence electrons. The van der Waals surface area contributed by atoms with Gasteiger partial charge in [-0.25, -0.2) is 4.79 Å². The average molecular weight is 409 g/mol. The average Bonchev–Trinajstić information content (AvgIpc) is 2.64. The Kier molecular flexibility index (Phi) is 6.40. The van der Waals surface area contributed by atoms with Gasteiger partial charge in [0.1, 0.15) is 18.9 Å². The molecular formula is C18H23N3O6S. The van der Waals surface area contributed by atoms with E-state index in [0.29, 0.717) is 19.6 Å². The topological polar surface area (TPSA) is 118 Å². The van der Waals surface area contributed by atoms with Crippen LogP contribution in [-0.2, 0) is 25.7 Å². The van der Waals surface area contributed by atoms with Gasteiger partial charge in [0.05, 0.1) is 5.75 Å². The Labute approximate surface area is 166 Å². The molecule has 2 bridgehead atoms. The predicted octanol–water partition coefficient (Wildman–Crippen LogP) is 0.197. The van der Waals surface area contributed by atoms with E-state index >= 15 is 0 Å². The predicted molar refractivity (Wildman–Crippen MR) is 104 cm³/mol. The first-order chi connectivity index (χ1) is 13.4. The first-order valence-corrected chi connectivity index (χ1v) is 10.4. The van der Waals surface area contributed by atoms with Gasteiger partial charge in [0, 0.05) is 31.2 Å². The van der Waals surface area contributed by atoms with Crippen molar-refractivity contribution >= 4 is 35.2 Å². The van der Waals surface area contributed by atoms with E-state index in [0.717, 1.165) is 12.1 Å². The van der Waals surface area contributed by atoms with Crippen LogP contribution in [0.2, 0.25) is 0 Å². The number of aliphatic carboxylic acids is 1. The molecule has 2 N–H and O–H groups in total. The third-order valence-corrected chi connectivity index (χ3v) is 5.51. The van der Waals surface area contributed by atoms with Gasteiger partial charge in [-0.2, -0.15) is 11.8 Å². The first kappa shape index (κ1) is 20.4. The van der Waals surface area contributed by atoms with E-state index in [4.69, 9.17) is 9.84 Å². The van der Waals surface area contributed by atoms with Gasteiger partial charge in [0.15, 0.2) is 0 Å². The van der Waals surface area contributed by atoms with Gasteiger partial charge in [0.2, 0.25) is 11.8 Å². The van der Waals surface area contributed by atoms with Crippen molar-refractivity contribution < 1.29 is 24.2 Å². The van der Waals surface area contributed by atoms with Crippen LogP contribution in [0.5, 0.6) is 0 Å². The number of hydrogen-bond donors (Lipinski definition) is 2. The van der Waals surface area contributed by atoms with Gasteiger partial charge in [-0.15, -0.1) is 0 Å². The molecule has 2 amide bonds. The molecular weight excluding hydrogens is 386 g/mol. The fourth-order valence-corrected chi connectivity index (χ4v) is 4.21. The van der Waals surface area contributed by atoms with E-state index in [-0.39, 0.29) is 47.3 Å². The molecule has 10 heteroatoms. The molecule has 2 atom stereocenters. The van der Waals surface area contributed by atoms with E-state index in [1.807, 2.05) is 12.3 Å². The lowest BCUT2D eigenvalue weighted by Gasteiger charge is -2.42. The lowest BCUT2D eigenvalue weighted by atomic mass is 9.83. The molecule has 2 aliphatic heterocycles. The summed E-state index contributed by atoms with van der Waals surface area (Å²) in [5, 5.41) is 11.3. The zero-order chi connectivity index (χ0) is 20.3. The number of piperidine rings is 1. The van der Waals surface area contributed by atoms with E-state index in [2.05, 4.69) is 5.32 Å². The van der Waals surface area contributed by atoms with Crippen molar-refractivity contribution in [1.82, 2.24) is 9.47 Å². The number of nitrogens with zero attached hydrogens (tertiary/aromatic N) is 2. The minimum atomic E-state index is -1.11. The number of likely N-dealkylation sites (tertiary alicyclic amines) is 1. The molecule has 0 radical (unpaired) electrons. The molecule has 28 heavy (non-hydrogen) atoms. The maximum Gasteiger partial charge on any atom is 0.329 e. The Bertz CT molecular complexity index is 839. The summed E-state index contributed by atoms with van der Waals surface area (Å²) >= 11 is 1.39. The van der Waals surface area contributed by atoms with Crippen molar-refractivity contribution in [2.75, 3.05) is 43.6 Å². The van der Waals surface area contributed by atoms with Crippen molar-refractivity contribution in [2.45, 2.75) is 18.9 Å². The van der Waals surface area contributed by atoms with Crippen molar-refractivity contribution in [2.24, 2.45) is 5.92 Å². The smallest absolute Gasteiger partial charge is 0.329 e. The molecule has 0 aromatic carbocycles. The van der Waals surface area contributed by atoms with Crippen LogP contribution in [-0.4, -0.2) is 70.7 Å². The Balaban J connectivity index is 1.72. The molecule has 1 saturated heterocycles. The van der Waals surface area contributed by atoms with Crippen LogP contribution in [0.4, 0.5) is 5.69 Å². The van der Waals surface area contributed by atoms with E-state index in [1.165, 1.54) is 11.8 Å². The Hall–Kier alpha value is -2.33. The molecule has 2 aliphatic rings. The first-order valence-electron chi connectivity index (χ1n) is 8.99. The third-order valence-electron chi connectivity index (χ3n) is 4.96. The quantitative estimate of drug-likeness (QED) is 0.660. The van der Waals surface area contributed by atoms with Gasteiger partial charge in [-0.05, 0) is 30.7 Å². The standard InChI is InChI=1S/C18H23N3O6S/c1-28-10-15(22)19-13-2-3-14-12-4-11(6-21(14)18(13)26)5-20(7-12)16(23)8-27-9-17(24)25/h2-3,11-12H,4-10H2,1H3,(H,19,22)(H,24,25). The number of aromatic nitrogens is 1. The van der Waals surface area contributed by atoms with E-state index in [1.54, 1.807) is 15.5 Å². The van der Waals surface area contributed by atoms with E-state index < -0.39 is 12.6 Å². The van der Waals surface area contributed by atoms with Gasteiger partial charge in [0.25, 0.3) is 5.56 Å². The van der Waals surface area contributed by atoms with Gasteiger partial charge in [-0.3, -0.25) is 14.4 Å². The van der Waals surface area contributed by atoms with Crippen LogP contribution >= 0.6 is 11.8 Å². The monoisotopic (exact) mass is 409 g/mol. The van der Waals surface area contributed by atoms with Crippen molar-refractivity contribution in [3.63, 3.8) is 0 Å². The Morgan fingerprint density at radius 3 is 2.75 bits per heavy atom. The zero-order valence-corrected chi connectivity index (χ0v) is 16.4. The van der Waals surface area contributed by atoms with Crippen LogP contribution in [0.15, 0.2) is 16.9 Å². The number of pyridine rings is 1. The maximum atomic E-state index is 12.8. The highest BCUT2D eigenvalue weighted by Gasteiger charge is 2.36. The van der Waals surface area contributed by atoms with E-state index in [9.17, 15) is 19.2 Å². The molecule has 9 nitrogen and oxygen atoms in total. The largest absolute Gasteiger partial charge is 0.480 e. The molecule has 2 unspecified atom stereocenters. The second-order valence-corrected chi connectivity index (χ2v) is 7.92. The summed E-state index contributed by atoms with van der Waals surface area (Å²) < 4.78 is 6.61. The number of anilines is 1. The molecule has 3 rings (SSSR count). The minimum Gasteiger partial charge on any atom is -0.480 e. The molecule has 0 spiro atoms. The van der Waals surface area contributed by atoms with Crippen molar-refractivity contribution in [3.05, 3.63) is 28.2 Å². The van der Waals surface area contributed by atoms with Crippen molar-refractivity contribution in [1.29, 1.82) is 0 Å². The van der Waals surface area contributed by atoms with Crippen molar-refractivity contribution in [3.8, 4) is 0 Å². The molecule has 1 aromatic heterocycles. The zero-order valence-electron chi connectivity index (χ0n) is 15.6. The molecule has 3 heterocycles. The minimum absolute atomic E-state index is 0.0274. The number of carboxylic acids is 1. The Morgan fingerprint density at radius 1 is 1.25 bits per heavy atom. The highest BCUT2D eigenvalue weighted by molar-refractivity contribution is 7.99. The van der Waals surface area contributed by atoms with Gasteiger partial charge >= 0.3 is 5.97 Å². The summed E-state index contributed by atoms with van der Waals surface area (Å²) in [6.07, 6.45) is 2.71. The van der Waals surface area contributed by atoms with Crippen LogP contribution in [0.1, 0.15) is 18.0 Å². The molecule has 1 fully saturated rings. The lowest BCUT2D eigenvalue weighted by Crippen LogP contribution is -2.50. The number of thioether (sulfide) groups is 1. The molecule has 0 aliphatic carbocycles. The summed E-state index contributed by atoms with van der Waals surface area (Å²) in [4.78, 5) is 49.1. The van der Waals surface area contributed by atoms with Crippen LogP contribution in [0, 0.1) is 5.92 Å². The lowest BCUT2D eigenvalue weighted by molar-refractivity contribution is -0.146.